The van der Waals surface area contributed by atoms with E-state index in [0.717, 1.165) is 22.6 Å². The fourth-order valence-electron chi connectivity index (χ4n) is 3.07. The molecule has 7 heteroatoms. The van der Waals surface area contributed by atoms with Gasteiger partial charge in [-0.25, -0.2) is 0 Å². The van der Waals surface area contributed by atoms with Crippen LogP contribution in [0.25, 0.3) is 11.5 Å². The van der Waals surface area contributed by atoms with E-state index >= 15 is 0 Å². The van der Waals surface area contributed by atoms with Crippen LogP contribution in [0.5, 0.6) is 11.5 Å². The first-order valence-electron chi connectivity index (χ1n) is 10.6. The Morgan fingerprint density at radius 3 is 2.45 bits per heavy atom. The third-order valence-corrected chi connectivity index (χ3v) is 4.67. The normalized spacial score (nSPS) is 10.7. The molecule has 0 saturated heterocycles. The molecule has 0 aliphatic heterocycles. The van der Waals surface area contributed by atoms with Gasteiger partial charge in [0.1, 0.15) is 0 Å². The van der Waals surface area contributed by atoms with Gasteiger partial charge < -0.3 is 19.2 Å². The van der Waals surface area contributed by atoms with Crippen molar-refractivity contribution < 1.29 is 18.7 Å². The highest BCUT2D eigenvalue weighted by atomic mass is 16.5. The predicted octanol–water partition coefficient (Wildman–Crippen LogP) is 4.13. The fraction of sp³-hybridized carbons (Fsp3) is 0.375. The summed E-state index contributed by atoms with van der Waals surface area (Å²) in [6.07, 6.45) is 1.40. The maximum Gasteiger partial charge on any atom is 0.247 e. The highest BCUT2D eigenvalue weighted by molar-refractivity contribution is 5.76. The third-order valence-electron chi connectivity index (χ3n) is 4.67. The van der Waals surface area contributed by atoms with Crippen LogP contribution in [0.3, 0.4) is 0 Å². The molecule has 0 spiro atoms. The van der Waals surface area contributed by atoms with Gasteiger partial charge in [0.25, 0.3) is 0 Å². The van der Waals surface area contributed by atoms with E-state index in [4.69, 9.17) is 13.9 Å². The number of hydrogen-bond acceptors (Lipinski definition) is 6. The quantitative estimate of drug-likeness (QED) is 0.499. The van der Waals surface area contributed by atoms with Gasteiger partial charge in [-0.1, -0.05) is 23.8 Å². The number of carbonyl (C=O) groups excluding carboxylic acids is 1. The summed E-state index contributed by atoms with van der Waals surface area (Å²) in [6.45, 7) is 7.60. The third kappa shape index (κ3) is 6.57. The van der Waals surface area contributed by atoms with E-state index in [2.05, 4.69) is 15.5 Å². The van der Waals surface area contributed by atoms with Crippen LogP contribution in [0.4, 0.5) is 0 Å². The number of amides is 1. The Balaban J connectivity index is 1.44. The molecule has 3 rings (SSSR count). The Bertz CT molecular complexity index is 983. The van der Waals surface area contributed by atoms with Crippen LogP contribution < -0.4 is 14.8 Å². The average molecular weight is 424 g/mol. The van der Waals surface area contributed by atoms with E-state index in [1.807, 2.05) is 63.2 Å². The number of aromatic nitrogens is 2. The molecule has 7 nitrogen and oxygen atoms in total. The van der Waals surface area contributed by atoms with Gasteiger partial charge in [-0.2, -0.15) is 0 Å². The van der Waals surface area contributed by atoms with Crippen LogP contribution in [-0.2, 0) is 17.6 Å². The van der Waals surface area contributed by atoms with Crippen molar-refractivity contribution in [3.63, 3.8) is 0 Å². The number of benzene rings is 2. The van der Waals surface area contributed by atoms with Gasteiger partial charge in [-0.15, -0.1) is 10.2 Å². The van der Waals surface area contributed by atoms with Crippen LogP contribution in [0.2, 0.25) is 0 Å². The summed E-state index contributed by atoms with van der Waals surface area (Å²) in [5, 5.41) is 11.0. The lowest BCUT2D eigenvalue weighted by Crippen LogP contribution is -2.25. The molecule has 0 aliphatic carbocycles. The highest BCUT2D eigenvalue weighted by Crippen LogP contribution is 2.28. The van der Waals surface area contributed by atoms with Crippen molar-refractivity contribution >= 4 is 5.91 Å². The Morgan fingerprint density at radius 2 is 1.71 bits per heavy atom. The van der Waals surface area contributed by atoms with Gasteiger partial charge in [0, 0.05) is 24.9 Å². The van der Waals surface area contributed by atoms with Gasteiger partial charge in [-0.3, -0.25) is 4.79 Å². The van der Waals surface area contributed by atoms with Crippen molar-refractivity contribution in [2.45, 2.75) is 40.0 Å². The van der Waals surface area contributed by atoms with E-state index in [-0.39, 0.29) is 5.91 Å². The number of hydrogen-bond donors (Lipinski definition) is 1. The van der Waals surface area contributed by atoms with Crippen molar-refractivity contribution in [3.05, 3.63) is 59.5 Å². The molecular formula is C24H29N3O4. The van der Waals surface area contributed by atoms with E-state index in [0.29, 0.717) is 50.8 Å². The minimum absolute atomic E-state index is 0.0499. The largest absolute Gasteiger partial charge is 0.490 e. The van der Waals surface area contributed by atoms with E-state index < -0.39 is 0 Å². The molecule has 1 heterocycles. The fourth-order valence-corrected chi connectivity index (χ4v) is 3.07. The minimum atomic E-state index is -0.0499. The maximum atomic E-state index is 12.2. The Hall–Kier alpha value is -3.35. The number of carbonyl (C=O) groups is 1. The molecule has 0 bridgehead atoms. The van der Waals surface area contributed by atoms with Gasteiger partial charge in [0.2, 0.25) is 17.7 Å². The van der Waals surface area contributed by atoms with Gasteiger partial charge in [-0.05, 0) is 57.0 Å². The van der Waals surface area contributed by atoms with Gasteiger partial charge in [0.15, 0.2) is 11.5 Å². The number of rotatable bonds is 11. The Morgan fingerprint density at radius 1 is 0.968 bits per heavy atom. The average Bonchev–Trinajstić information content (AvgIpc) is 3.24. The van der Waals surface area contributed by atoms with Crippen LogP contribution in [-0.4, -0.2) is 35.9 Å². The van der Waals surface area contributed by atoms with Crippen LogP contribution in [0.15, 0.2) is 46.9 Å². The molecule has 0 atom stereocenters. The summed E-state index contributed by atoms with van der Waals surface area (Å²) < 4.78 is 16.9. The molecule has 2 aromatic carbocycles. The molecule has 1 N–H and O–H groups in total. The smallest absolute Gasteiger partial charge is 0.247 e. The Kier molecular flexibility index (Phi) is 8.04. The topological polar surface area (TPSA) is 86.5 Å². The molecule has 1 aromatic heterocycles. The molecule has 0 fully saturated rings. The summed E-state index contributed by atoms with van der Waals surface area (Å²) in [4.78, 5) is 12.2. The van der Waals surface area contributed by atoms with Gasteiger partial charge >= 0.3 is 0 Å². The SMILES string of the molecule is CCOc1ccc(CCNC(=O)CCc2nnc(-c3ccc(C)cc3)o2)cc1OCC. The maximum absolute atomic E-state index is 12.2. The van der Waals surface area contributed by atoms with E-state index in [9.17, 15) is 4.79 Å². The monoisotopic (exact) mass is 423 g/mol. The number of nitrogens with zero attached hydrogens (tertiary/aromatic N) is 2. The summed E-state index contributed by atoms with van der Waals surface area (Å²) in [5.74, 6) is 2.34. The zero-order valence-electron chi connectivity index (χ0n) is 18.3. The first kappa shape index (κ1) is 22.3. The number of nitrogens with one attached hydrogen (secondary N) is 1. The lowest BCUT2D eigenvalue weighted by atomic mass is 10.1. The number of aryl methyl sites for hydroxylation is 2. The Labute approximate surface area is 182 Å². The second kappa shape index (κ2) is 11.2. The predicted molar refractivity (Wildman–Crippen MR) is 118 cm³/mol. The minimum Gasteiger partial charge on any atom is -0.490 e. The van der Waals surface area contributed by atoms with Crippen molar-refractivity contribution in [1.82, 2.24) is 15.5 Å². The molecule has 0 radical (unpaired) electrons. The standard InChI is InChI=1S/C24H29N3O4/c1-4-29-20-11-8-18(16-21(20)30-5-2)14-15-25-22(28)12-13-23-26-27-24(31-23)19-9-6-17(3)7-10-19/h6-11,16H,4-5,12-15H2,1-3H3,(H,25,28). The molecule has 0 aliphatic rings. The molecular weight excluding hydrogens is 394 g/mol. The van der Waals surface area contributed by atoms with E-state index in [1.165, 1.54) is 5.56 Å². The zero-order valence-corrected chi connectivity index (χ0v) is 18.3. The molecule has 0 unspecified atom stereocenters. The van der Waals surface area contributed by atoms with E-state index in [1.54, 1.807) is 0 Å². The highest BCUT2D eigenvalue weighted by Gasteiger charge is 2.11. The van der Waals surface area contributed by atoms with Crippen LogP contribution >= 0.6 is 0 Å². The summed E-state index contributed by atoms with van der Waals surface area (Å²) in [5.41, 5.74) is 3.11. The van der Waals surface area contributed by atoms with Crippen molar-refractivity contribution in [2.75, 3.05) is 19.8 Å². The lowest BCUT2D eigenvalue weighted by molar-refractivity contribution is -0.121. The second-order valence-corrected chi connectivity index (χ2v) is 7.11. The van der Waals surface area contributed by atoms with Crippen molar-refractivity contribution in [2.24, 2.45) is 0 Å². The summed E-state index contributed by atoms with van der Waals surface area (Å²) in [7, 11) is 0. The second-order valence-electron chi connectivity index (χ2n) is 7.11. The molecule has 31 heavy (non-hydrogen) atoms. The lowest BCUT2D eigenvalue weighted by Gasteiger charge is -2.12. The summed E-state index contributed by atoms with van der Waals surface area (Å²) in [6, 6.07) is 13.7. The first-order chi connectivity index (χ1) is 15.1. The van der Waals surface area contributed by atoms with Crippen molar-refractivity contribution in [3.8, 4) is 23.0 Å². The van der Waals surface area contributed by atoms with Crippen LogP contribution in [0.1, 0.15) is 37.3 Å². The zero-order chi connectivity index (χ0) is 22.1. The number of ether oxygens (including phenoxy) is 2. The molecule has 164 valence electrons. The molecule has 0 saturated carbocycles. The molecule has 1 amide bonds. The first-order valence-corrected chi connectivity index (χ1v) is 10.6. The molecule has 3 aromatic rings. The summed E-state index contributed by atoms with van der Waals surface area (Å²) >= 11 is 0. The van der Waals surface area contributed by atoms with Gasteiger partial charge in [0.05, 0.1) is 13.2 Å². The van der Waals surface area contributed by atoms with Crippen LogP contribution in [0, 0.1) is 6.92 Å². The van der Waals surface area contributed by atoms with Crippen molar-refractivity contribution in [1.29, 1.82) is 0 Å².